The van der Waals surface area contributed by atoms with Gasteiger partial charge in [0.2, 0.25) is 0 Å². The topological polar surface area (TPSA) is 12.0 Å². The third kappa shape index (κ3) is 10.3. The van der Waals surface area contributed by atoms with Gasteiger partial charge in [-0.3, -0.25) is 0 Å². The molecule has 0 heterocycles. The Hall–Kier alpha value is -7.52. The molecule has 0 atom stereocenters. The van der Waals surface area contributed by atoms with E-state index in [9.17, 15) is 0 Å². The molecule has 0 amide bonds. The number of hydrogen-bond acceptors (Lipinski definition) is 1. The van der Waals surface area contributed by atoms with Crippen molar-refractivity contribution in [3.63, 3.8) is 0 Å². The Balaban J connectivity index is 0.000000174. The largest absolute Gasteiger partial charge is 0.356 e. The molecule has 0 aromatic heterocycles. The Bertz CT molecular complexity index is 2850. The zero-order chi connectivity index (χ0) is 42.6. The molecular weight excluding hydrogens is 827 g/mol. The van der Waals surface area contributed by atoms with Crippen molar-refractivity contribution in [3.05, 3.63) is 288 Å². The maximum absolute atomic E-state index is 3.54. The van der Waals surface area contributed by atoms with Gasteiger partial charge in [0.1, 0.15) is 0 Å². The number of halogens is 1. The normalized spacial score (nSPS) is 10.8. The molecule has 63 heavy (non-hydrogen) atoms. The highest BCUT2D eigenvalue weighted by Gasteiger charge is 2.18. The van der Waals surface area contributed by atoms with E-state index in [1.807, 2.05) is 24.3 Å². The van der Waals surface area contributed by atoms with E-state index in [0.717, 1.165) is 15.8 Å². The minimum atomic E-state index is 0.142. The monoisotopic (exact) mass is 871 g/mol. The number of nitrogens with one attached hydrogen (secondary N) is 1. The third-order valence-electron chi connectivity index (χ3n) is 11.4. The van der Waals surface area contributed by atoms with Crippen LogP contribution in [0.4, 0.5) is 11.4 Å². The smallest absolute Gasteiger partial charge is 0.0384 e. The molecule has 1 nitrogen and oxygen atoms in total. The van der Waals surface area contributed by atoms with Gasteiger partial charge in [0.15, 0.2) is 0 Å². The lowest BCUT2D eigenvalue weighted by molar-refractivity contribution is 0.978. The predicted molar refractivity (Wildman–Crippen MR) is 271 cm³/mol. The summed E-state index contributed by atoms with van der Waals surface area (Å²) in [5.74, 6) is 0.142. The Kier molecular flexibility index (Phi) is 12.9. The molecule has 0 radical (unpaired) electrons. The summed E-state index contributed by atoms with van der Waals surface area (Å²) in [5, 5.41) is 3.41. The Morgan fingerprint density at radius 3 is 0.762 bits per heavy atom. The molecule has 0 aliphatic heterocycles. The van der Waals surface area contributed by atoms with E-state index in [0.29, 0.717) is 0 Å². The van der Waals surface area contributed by atoms with Crippen molar-refractivity contribution >= 4 is 27.3 Å². The van der Waals surface area contributed by atoms with Gasteiger partial charge in [-0.05, 0) is 109 Å². The van der Waals surface area contributed by atoms with Crippen LogP contribution in [0.2, 0.25) is 0 Å². The van der Waals surface area contributed by atoms with Gasteiger partial charge in [-0.1, -0.05) is 246 Å². The first-order chi connectivity index (χ1) is 31.1. The molecule has 10 aromatic rings. The van der Waals surface area contributed by atoms with Crippen molar-refractivity contribution in [3.8, 4) is 55.6 Å². The predicted octanol–water partition coefficient (Wildman–Crippen LogP) is 17.4. The lowest BCUT2D eigenvalue weighted by Gasteiger charge is -2.20. The second-order valence-electron chi connectivity index (χ2n) is 15.5. The second kappa shape index (κ2) is 19.9. The lowest BCUT2D eigenvalue weighted by Crippen LogP contribution is -2.03. The van der Waals surface area contributed by atoms with Crippen LogP contribution in [0.25, 0.3) is 55.6 Å². The van der Waals surface area contributed by atoms with Crippen LogP contribution < -0.4 is 5.32 Å². The van der Waals surface area contributed by atoms with E-state index in [1.165, 1.54) is 72.3 Å². The van der Waals surface area contributed by atoms with Crippen LogP contribution >= 0.6 is 15.9 Å². The molecule has 0 fully saturated rings. The highest BCUT2D eigenvalue weighted by Crippen LogP contribution is 2.36. The van der Waals surface area contributed by atoms with Crippen LogP contribution in [-0.4, -0.2) is 0 Å². The summed E-state index contributed by atoms with van der Waals surface area (Å²) in [7, 11) is 0. The van der Waals surface area contributed by atoms with Gasteiger partial charge in [-0.15, -0.1) is 0 Å². The Labute approximate surface area is 380 Å². The fourth-order valence-electron chi connectivity index (χ4n) is 8.00. The van der Waals surface area contributed by atoms with Crippen LogP contribution in [-0.2, 0) is 0 Å². The molecular formula is C61H46BrN. The Morgan fingerprint density at radius 2 is 0.444 bits per heavy atom. The summed E-state index contributed by atoms with van der Waals surface area (Å²) >= 11 is 3.54. The minimum Gasteiger partial charge on any atom is -0.356 e. The van der Waals surface area contributed by atoms with Crippen molar-refractivity contribution in [2.24, 2.45) is 0 Å². The lowest BCUT2D eigenvalue weighted by atomic mass is 9.83. The zero-order valence-corrected chi connectivity index (χ0v) is 36.4. The van der Waals surface area contributed by atoms with Crippen molar-refractivity contribution in [2.45, 2.75) is 5.92 Å². The summed E-state index contributed by atoms with van der Waals surface area (Å²) in [6.45, 7) is 0. The molecule has 2 heteroatoms. The van der Waals surface area contributed by atoms with Gasteiger partial charge in [0.25, 0.3) is 0 Å². The van der Waals surface area contributed by atoms with E-state index in [4.69, 9.17) is 0 Å². The summed E-state index contributed by atoms with van der Waals surface area (Å²) in [4.78, 5) is 0. The molecule has 0 spiro atoms. The van der Waals surface area contributed by atoms with Gasteiger partial charge in [-0.25, -0.2) is 0 Å². The van der Waals surface area contributed by atoms with Crippen LogP contribution in [0.3, 0.4) is 0 Å². The van der Waals surface area contributed by atoms with Crippen molar-refractivity contribution in [1.29, 1.82) is 0 Å². The summed E-state index contributed by atoms with van der Waals surface area (Å²) < 4.78 is 1.09. The van der Waals surface area contributed by atoms with Crippen molar-refractivity contribution in [2.75, 3.05) is 5.32 Å². The molecule has 10 rings (SSSR count). The SMILES string of the molecule is Brc1ccc(-c2ccc(C(c3ccc(-c4ccccc4)cc3)c3ccc(-c4ccccc4)cc3)cc2)cc1.c1ccc(Nc2ccc(-c3ccc(-c4ccccc4)cc3)cc2)cc1. The molecule has 1 N–H and O–H groups in total. The molecule has 0 unspecified atom stereocenters. The third-order valence-corrected chi connectivity index (χ3v) is 11.9. The fourth-order valence-corrected chi connectivity index (χ4v) is 8.27. The van der Waals surface area contributed by atoms with Gasteiger partial charge >= 0.3 is 0 Å². The van der Waals surface area contributed by atoms with E-state index in [2.05, 4.69) is 264 Å². The zero-order valence-electron chi connectivity index (χ0n) is 34.9. The Morgan fingerprint density at radius 1 is 0.222 bits per heavy atom. The first kappa shape index (κ1) is 40.9. The quantitative estimate of drug-likeness (QED) is 0.135. The van der Waals surface area contributed by atoms with Crippen molar-refractivity contribution in [1.82, 2.24) is 0 Å². The number of rotatable bonds is 10. The molecule has 10 aromatic carbocycles. The van der Waals surface area contributed by atoms with E-state index in [-0.39, 0.29) is 5.92 Å². The number of hydrogen-bond donors (Lipinski definition) is 1. The van der Waals surface area contributed by atoms with E-state index >= 15 is 0 Å². The van der Waals surface area contributed by atoms with Gasteiger partial charge in [-0.2, -0.15) is 0 Å². The standard InChI is InChI=1S/C37H27Br.C24H19N/c38-36-25-23-32(24-26-36)31-15-21-35(22-16-31)37(33-17-11-29(12-18-33)27-7-3-1-4-8-27)34-19-13-30(14-20-34)28-9-5-2-6-10-28;1-3-7-19(8-4-1)20-11-13-21(14-12-20)22-15-17-24(18-16-22)25-23-9-5-2-6-10-23/h1-26,37H;1-18,25H. The average molecular weight is 873 g/mol. The van der Waals surface area contributed by atoms with Gasteiger partial charge in [0, 0.05) is 21.8 Å². The molecule has 0 saturated heterocycles. The fraction of sp³-hybridized carbons (Fsp3) is 0.0164. The van der Waals surface area contributed by atoms with Crippen LogP contribution in [0.15, 0.2) is 271 Å². The van der Waals surface area contributed by atoms with Crippen LogP contribution in [0, 0.1) is 0 Å². The molecule has 302 valence electrons. The van der Waals surface area contributed by atoms with E-state index < -0.39 is 0 Å². The maximum atomic E-state index is 3.54. The number of anilines is 2. The molecule has 0 bridgehead atoms. The van der Waals surface area contributed by atoms with Gasteiger partial charge in [0.05, 0.1) is 0 Å². The van der Waals surface area contributed by atoms with E-state index in [1.54, 1.807) is 0 Å². The molecule has 0 aliphatic carbocycles. The molecule has 0 saturated carbocycles. The van der Waals surface area contributed by atoms with Crippen LogP contribution in [0.5, 0.6) is 0 Å². The highest BCUT2D eigenvalue weighted by molar-refractivity contribution is 9.10. The first-order valence-corrected chi connectivity index (χ1v) is 22.2. The van der Waals surface area contributed by atoms with Crippen LogP contribution in [0.1, 0.15) is 22.6 Å². The first-order valence-electron chi connectivity index (χ1n) is 21.4. The van der Waals surface area contributed by atoms with Gasteiger partial charge < -0.3 is 5.32 Å². The summed E-state index contributed by atoms with van der Waals surface area (Å²) in [6.07, 6.45) is 0. The average Bonchev–Trinajstić information content (AvgIpc) is 3.37. The maximum Gasteiger partial charge on any atom is 0.0384 e. The number of benzene rings is 10. The molecule has 0 aliphatic rings. The summed E-state index contributed by atoms with van der Waals surface area (Å²) in [6, 6.07) is 94.7. The highest BCUT2D eigenvalue weighted by atomic mass is 79.9. The summed E-state index contributed by atoms with van der Waals surface area (Å²) in [5.41, 5.74) is 18.4. The number of para-hydroxylation sites is 1. The minimum absolute atomic E-state index is 0.142. The second-order valence-corrected chi connectivity index (χ2v) is 16.5. The van der Waals surface area contributed by atoms with Crippen molar-refractivity contribution < 1.29 is 0 Å².